The molecule has 0 saturated carbocycles. The molecule has 6 heteroatoms. The summed E-state index contributed by atoms with van der Waals surface area (Å²) in [5.74, 6) is 1.95. The molecule has 0 unspecified atom stereocenters. The molecule has 1 aliphatic rings. The molecule has 0 fully saturated rings. The van der Waals surface area contributed by atoms with E-state index in [1.165, 1.54) is 11.1 Å². The van der Waals surface area contributed by atoms with Gasteiger partial charge in [-0.3, -0.25) is 9.79 Å². The third-order valence-corrected chi connectivity index (χ3v) is 5.11. The van der Waals surface area contributed by atoms with E-state index in [1.54, 1.807) is 0 Å². The van der Waals surface area contributed by atoms with Crippen molar-refractivity contribution in [3.05, 3.63) is 90.0 Å². The lowest BCUT2D eigenvalue weighted by atomic mass is 10.1. The standard InChI is InChI=1S/C25H26N4O2/c26-25(28-21-10-6-13-23(16-21)31-22-11-2-1-3-12-22)27-15-7-14-24(30)29-17-19-8-4-5-9-20(19)18-29/h1-6,8-13,16H,7,14-15,17-18H2,(H3,26,27,28). The Morgan fingerprint density at radius 1 is 0.935 bits per heavy atom. The van der Waals surface area contributed by atoms with E-state index in [2.05, 4.69) is 22.4 Å². The second-order valence-corrected chi connectivity index (χ2v) is 7.46. The maximum absolute atomic E-state index is 12.5. The molecule has 0 aromatic heterocycles. The number of anilines is 1. The van der Waals surface area contributed by atoms with Crippen LogP contribution >= 0.6 is 0 Å². The number of rotatable bonds is 7. The van der Waals surface area contributed by atoms with Gasteiger partial charge < -0.3 is 20.7 Å². The van der Waals surface area contributed by atoms with Crippen molar-refractivity contribution in [3.8, 4) is 11.5 Å². The number of amides is 1. The first-order valence-corrected chi connectivity index (χ1v) is 10.4. The molecule has 31 heavy (non-hydrogen) atoms. The second-order valence-electron chi connectivity index (χ2n) is 7.46. The van der Waals surface area contributed by atoms with Crippen molar-refractivity contribution in [1.29, 1.82) is 0 Å². The van der Waals surface area contributed by atoms with Crippen LogP contribution in [0.1, 0.15) is 24.0 Å². The summed E-state index contributed by atoms with van der Waals surface area (Å²) in [6.07, 6.45) is 1.12. The first-order valence-electron chi connectivity index (χ1n) is 10.4. The fraction of sp³-hybridized carbons (Fsp3) is 0.200. The summed E-state index contributed by atoms with van der Waals surface area (Å²) in [5, 5.41) is 3.08. The first-order chi connectivity index (χ1) is 15.2. The first kappa shape index (κ1) is 20.5. The highest BCUT2D eigenvalue weighted by molar-refractivity contribution is 5.92. The number of fused-ring (bicyclic) bond motifs is 1. The van der Waals surface area contributed by atoms with Crippen molar-refractivity contribution in [1.82, 2.24) is 4.90 Å². The number of hydrogen-bond acceptors (Lipinski definition) is 3. The largest absolute Gasteiger partial charge is 0.457 e. The van der Waals surface area contributed by atoms with E-state index in [0.29, 0.717) is 44.2 Å². The Hall–Kier alpha value is -3.80. The summed E-state index contributed by atoms with van der Waals surface area (Å²) in [6.45, 7) is 1.89. The minimum atomic E-state index is 0.156. The quantitative estimate of drug-likeness (QED) is 0.338. The lowest BCUT2D eigenvalue weighted by Gasteiger charge is -2.15. The van der Waals surface area contributed by atoms with Crippen molar-refractivity contribution in [2.45, 2.75) is 25.9 Å². The maximum atomic E-state index is 12.5. The van der Waals surface area contributed by atoms with Crippen LogP contribution in [-0.4, -0.2) is 23.3 Å². The van der Waals surface area contributed by atoms with Crippen LogP contribution in [0.4, 0.5) is 5.69 Å². The van der Waals surface area contributed by atoms with Crippen LogP contribution in [-0.2, 0) is 17.9 Å². The Bertz CT molecular complexity index is 1040. The number of hydrogen-bond donors (Lipinski definition) is 2. The molecule has 0 radical (unpaired) electrons. The van der Waals surface area contributed by atoms with Gasteiger partial charge in [-0.1, -0.05) is 48.5 Å². The van der Waals surface area contributed by atoms with E-state index in [1.807, 2.05) is 71.6 Å². The number of aliphatic imine (C=N–C) groups is 1. The molecule has 1 amide bonds. The smallest absolute Gasteiger partial charge is 0.223 e. The van der Waals surface area contributed by atoms with Gasteiger partial charge >= 0.3 is 0 Å². The summed E-state index contributed by atoms with van der Waals surface area (Å²) in [6, 6.07) is 25.3. The molecule has 3 aromatic rings. The summed E-state index contributed by atoms with van der Waals surface area (Å²) < 4.78 is 5.83. The molecule has 0 spiro atoms. The molecule has 0 atom stereocenters. The van der Waals surface area contributed by atoms with E-state index in [0.717, 1.165) is 11.4 Å². The van der Waals surface area contributed by atoms with Crippen LogP contribution in [0.3, 0.4) is 0 Å². The number of ether oxygens (including phenoxy) is 1. The molecule has 1 heterocycles. The fourth-order valence-electron chi connectivity index (χ4n) is 3.55. The van der Waals surface area contributed by atoms with Gasteiger partial charge in [-0.2, -0.15) is 0 Å². The normalized spacial score (nSPS) is 13.0. The number of carbonyl (C=O) groups excluding carboxylic acids is 1. The molecule has 0 bridgehead atoms. The van der Waals surface area contributed by atoms with E-state index >= 15 is 0 Å². The highest BCUT2D eigenvalue weighted by atomic mass is 16.5. The van der Waals surface area contributed by atoms with Crippen LogP contribution in [0.15, 0.2) is 83.9 Å². The average molecular weight is 415 g/mol. The number of nitrogens with one attached hydrogen (secondary N) is 1. The van der Waals surface area contributed by atoms with Crippen molar-refractivity contribution >= 4 is 17.6 Å². The molecule has 6 nitrogen and oxygen atoms in total. The number of nitrogens with zero attached hydrogens (tertiary/aromatic N) is 2. The third kappa shape index (κ3) is 5.63. The zero-order valence-electron chi connectivity index (χ0n) is 17.3. The zero-order valence-corrected chi connectivity index (χ0v) is 17.3. The van der Waals surface area contributed by atoms with Crippen LogP contribution in [0.25, 0.3) is 0 Å². The van der Waals surface area contributed by atoms with Crippen molar-refractivity contribution in [2.75, 3.05) is 11.9 Å². The Balaban J connectivity index is 1.22. The van der Waals surface area contributed by atoms with Gasteiger partial charge in [0.15, 0.2) is 5.96 Å². The minimum absolute atomic E-state index is 0.156. The van der Waals surface area contributed by atoms with Crippen molar-refractivity contribution < 1.29 is 9.53 Å². The van der Waals surface area contributed by atoms with E-state index < -0.39 is 0 Å². The molecule has 0 saturated heterocycles. The molecule has 3 aromatic carbocycles. The van der Waals surface area contributed by atoms with Crippen molar-refractivity contribution in [2.24, 2.45) is 10.7 Å². The van der Waals surface area contributed by atoms with Crippen LogP contribution in [0, 0.1) is 0 Å². The van der Waals surface area contributed by atoms with E-state index in [-0.39, 0.29) is 5.91 Å². The molecular weight excluding hydrogens is 388 g/mol. The molecule has 4 rings (SSSR count). The van der Waals surface area contributed by atoms with Gasteiger partial charge in [-0.15, -0.1) is 0 Å². The highest BCUT2D eigenvalue weighted by Crippen LogP contribution is 2.24. The zero-order chi connectivity index (χ0) is 21.5. The lowest BCUT2D eigenvalue weighted by molar-refractivity contribution is -0.131. The minimum Gasteiger partial charge on any atom is -0.457 e. The molecule has 0 aliphatic carbocycles. The monoisotopic (exact) mass is 414 g/mol. The number of nitrogens with two attached hydrogens (primary N) is 1. The predicted molar refractivity (Wildman–Crippen MR) is 123 cm³/mol. The van der Waals surface area contributed by atoms with Gasteiger partial charge in [-0.05, 0) is 41.8 Å². The highest BCUT2D eigenvalue weighted by Gasteiger charge is 2.22. The van der Waals surface area contributed by atoms with E-state index in [4.69, 9.17) is 10.5 Å². The van der Waals surface area contributed by atoms with Gasteiger partial charge in [0, 0.05) is 37.8 Å². The fourth-order valence-corrected chi connectivity index (χ4v) is 3.55. The number of guanidine groups is 1. The van der Waals surface area contributed by atoms with Gasteiger partial charge in [0.05, 0.1) is 0 Å². The Labute approximate surface area is 182 Å². The SMILES string of the molecule is NC(=NCCCC(=O)N1Cc2ccccc2C1)Nc1cccc(Oc2ccccc2)c1. The average Bonchev–Trinajstić information content (AvgIpc) is 3.22. The maximum Gasteiger partial charge on any atom is 0.223 e. The topological polar surface area (TPSA) is 80.0 Å². The number of benzene rings is 3. The van der Waals surface area contributed by atoms with Crippen LogP contribution in [0.5, 0.6) is 11.5 Å². The Morgan fingerprint density at radius 2 is 1.61 bits per heavy atom. The summed E-state index contributed by atoms with van der Waals surface area (Å²) >= 11 is 0. The lowest BCUT2D eigenvalue weighted by Crippen LogP contribution is -2.25. The molecule has 158 valence electrons. The summed E-state index contributed by atoms with van der Waals surface area (Å²) in [4.78, 5) is 18.7. The number of para-hydroxylation sites is 1. The summed E-state index contributed by atoms with van der Waals surface area (Å²) in [7, 11) is 0. The Kier molecular flexibility index (Phi) is 6.47. The van der Waals surface area contributed by atoms with Gasteiger partial charge in [0.2, 0.25) is 5.91 Å². The molecular formula is C25H26N4O2. The van der Waals surface area contributed by atoms with Gasteiger partial charge in [0.1, 0.15) is 11.5 Å². The third-order valence-electron chi connectivity index (χ3n) is 5.11. The Morgan fingerprint density at radius 3 is 2.35 bits per heavy atom. The van der Waals surface area contributed by atoms with Crippen molar-refractivity contribution in [3.63, 3.8) is 0 Å². The number of carbonyl (C=O) groups is 1. The predicted octanol–water partition coefficient (Wildman–Crippen LogP) is 4.53. The second kappa shape index (κ2) is 9.80. The summed E-state index contributed by atoms with van der Waals surface area (Å²) in [5.41, 5.74) is 9.27. The van der Waals surface area contributed by atoms with Gasteiger partial charge in [-0.25, -0.2) is 0 Å². The van der Waals surface area contributed by atoms with Crippen LogP contribution < -0.4 is 15.8 Å². The molecule has 3 N–H and O–H groups in total. The van der Waals surface area contributed by atoms with Crippen LogP contribution in [0.2, 0.25) is 0 Å². The molecule has 1 aliphatic heterocycles. The van der Waals surface area contributed by atoms with Gasteiger partial charge in [0.25, 0.3) is 0 Å². The van der Waals surface area contributed by atoms with E-state index in [9.17, 15) is 4.79 Å².